The zero-order valence-corrected chi connectivity index (χ0v) is 14.2. The summed E-state index contributed by atoms with van der Waals surface area (Å²) in [6, 6.07) is 5.34. The van der Waals surface area contributed by atoms with Crippen LogP contribution in [0.1, 0.15) is 46.3 Å². The molecule has 0 aliphatic rings. The minimum Gasteiger partial charge on any atom is -0.366 e. The lowest BCUT2D eigenvalue weighted by Crippen LogP contribution is -2.18. The molecule has 1 aromatic heterocycles. The maximum atomic E-state index is 12.4. The number of aryl methyl sites for hydroxylation is 3. The van der Waals surface area contributed by atoms with Crippen molar-refractivity contribution in [1.29, 1.82) is 0 Å². The van der Waals surface area contributed by atoms with Gasteiger partial charge in [-0.3, -0.25) is 14.4 Å². The predicted octanol–water partition coefficient (Wildman–Crippen LogP) is 3.29. The third kappa shape index (κ3) is 4.41. The maximum absolute atomic E-state index is 12.4. The highest BCUT2D eigenvalue weighted by molar-refractivity contribution is 5.99. The molecule has 0 radical (unpaired) electrons. The molecule has 2 rings (SSSR count). The van der Waals surface area contributed by atoms with Gasteiger partial charge in [0.25, 0.3) is 0 Å². The van der Waals surface area contributed by atoms with E-state index < -0.39 is 0 Å². The van der Waals surface area contributed by atoms with Gasteiger partial charge in [0.05, 0.1) is 0 Å². The topological polar surface area (TPSA) is 79.0 Å². The molecule has 126 valence electrons. The first kappa shape index (κ1) is 17.7. The molecule has 2 N–H and O–H groups in total. The van der Waals surface area contributed by atoms with Crippen LogP contribution in [0.4, 0.5) is 5.69 Å². The van der Waals surface area contributed by atoms with Crippen molar-refractivity contribution in [2.75, 3.05) is 5.32 Å². The highest BCUT2D eigenvalue weighted by Crippen LogP contribution is 2.19. The second-order valence-corrected chi connectivity index (χ2v) is 6.02. The Morgan fingerprint density at radius 2 is 1.75 bits per heavy atom. The Kier molecular flexibility index (Phi) is 5.68. The molecule has 0 unspecified atom stereocenters. The first-order valence-corrected chi connectivity index (χ1v) is 7.96. The number of ketones is 1. The Labute approximate surface area is 141 Å². The van der Waals surface area contributed by atoms with Crippen molar-refractivity contribution >= 4 is 17.4 Å². The van der Waals surface area contributed by atoms with E-state index in [-0.39, 0.29) is 29.2 Å². The fraction of sp³-hybridized carbons (Fsp3) is 0.316. The number of aromatic nitrogens is 1. The lowest BCUT2D eigenvalue weighted by atomic mass is 9.94. The lowest BCUT2D eigenvalue weighted by Gasteiger charge is -2.10. The van der Waals surface area contributed by atoms with Gasteiger partial charge in [0.1, 0.15) is 5.69 Å². The molecular weight excluding hydrogens is 304 g/mol. The first-order chi connectivity index (χ1) is 11.4. The quantitative estimate of drug-likeness (QED) is 0.800. The van der Waals surface area contributed by atoms with Gasteiger partial charge in [0.15, 0.2) is 5.78 Å². The SMILES string of the molecule is Cc1cc(C)c(C(=O)CCCC(=O)Nc2c[nH]ccc2=O)c(C)c1. The number of nitrogens with one attached hydrogen (secondary N) is 2. The van der Waals surface area contributed by atoms with Gasteiger partial charge in [-0.25, -0.2) is 0 Å². The molecule has 1 amide bonds. The van der Waals surface area contributed by atoms with Crippen molar-refractivity contribution < 1.29 is 9.59 Å². The fourth-order valence-electron chi connectivity index (χ4n) is 2.88. The number of benzene rings is 1. The number of carbonyl (C=O) groups excluding carboxylic acids is 2. The summed E-state index contributed by atoms with van der Waals surface area (Å²) in [5, 5.41) is 2.56. The number of Topliss-reactive ketones (excluding diaryl/α,β-unsaturated/α-hetero) is 1. The van der Waals surface area contributed by atoms with Gasteiger partial charge in [-0.05, 0) is 38.3 Å². The van der Waals surface area contributed by atoms with Crippen LogP contribution in [0.25, 0.3) is 0 Å². The second-order valence-electron chi connectivity index (χ2n) is 6.02. The standard InChI is InChI=1S/C19H22N2O3/c1-12-9-13(2)19(14(3)10-12)17(23)5-4-6-18(24)21-15-11-20-8-7-16(15)22/h7-11H,4-6H2,1-3H3,(H,20,22)(H,21,24). The number of amides is 1. The van der Waals surface area contributed by atoms with Crippen LogP contribution in [0.15, 0.2) is 35.4 Å². The van der Waals surface area contributed by atoms with Crippen LogP contribution in [-0.4, -0.2) is 16.7 Å². The van der Waals surface area contributed by atoms with Crippen LogP contribution < -0.4 is 10.7 Å². The molecule has 24 heavy (non-hydrogen) atoms. The zero-order chi connectivity index (χ0) is 17.7. The third-order valence-electron chi connectivity index (χ3n) is 3.86. The van der Waals surface area contributed by atoms with Crippen molar-refractivity contribution in [3.8, 4) is 0 Å². The van der Waals surface area contributed by atoms with Crippen molar-refractivity contribution in [3.05, 3.63) is 63.1 Å². The van der Waals surface area contributed by atoms with Gasteiger partial charge in [-0.15, -0.1) is 0 Å². The number of hydrogen-bond acceptors (Lipinski definition) is 3. The normalized spacial score (nSPS) is 10.5. The van der Waals surface area contributed by atoms with Crippen LogP contribution in [0.2, 0.25) is 0 Å². The monoisotopic (exact) mass is 326 g/mol. The van der Waals surface area contributed by atoms with Crippen LogP contribution in [0.3, 0.4) is 0 Å². The Hall–Kier alpha value is -2.69. The average Bonchev–Trinajstić information content (AvgIpc) is 2.48. The Bertz CT molecular complexity index is 798. The highest BCUT2D eigenvalue weighted by Gasteiger charge is 2.13. The maximum Gasteiger partial charge on any atom is 0.224 e. The Morgan fingerprint density at radius 3 is 2.38 bits per heavy atom. The summed E-state index contributed by atoms with van der Waals surface area (Å²) >= 11 is 0. The molecule has 0 bridgehead atoms. The Morgan fingerprint density at radius 1 is 1.08 bits per heavy atom. The number of hydrogen-bond donors (Lipinski definition) is 2. The molecule has 0 saturated carbocycles. The molecule has 0 aliphatic carbocycles. The summed E-state index contributed by atoms with van der Waals surface area (Å²) in [7, 11) is 0. The Balaban J connectivity index is 1.90. The lowest BCUT2D eigenvalue weighted by molar-refractivity contribution is -0.116. The van der Waals surface area contributed by atoms with Gasteiger partial charge in [-0.1, -0.05) is 17.7 Å². The molecule has 1 heterocycles. The van der Waals surface area contributed by atoms with Gasteiger partial charge >= 0.3 is 0 Å². The summed E-state index contributed by atoms with van der Waals surface area (Å²) in [4.78, 5) is 38.6. The zero-order valence-electron chi connectivity index (χ0n) is 14.2. The van der Waals surface area contributed by atoms with Crippen LogP contribution in [-0.2, 0) is 4.79 Å². The number of rotatable bonds is 6. The van der Waals surface area contributed by atoms with Gasteiger partial charge in [0, 0.05) is 36.9 Å². The van der Waals surface area contributed by atoms with Gasteiger partial charge in [0.2, 0.25) is 11.3 Å². The molecule has 5 heteroatoms. The van der Waals surface area contributed by atoms with E-state index in [1.807, 2.05) is 32.9 Å². The van der Waals surface area contributed by atoms with Gasteiger partial charge in [-0.2, -0.15) is 0 Å². The van der Waals surface area contributed by atoms with Crippen LogP contribution in [0, 0.1) is 20.8 Å². The average molecular weight is 326 g/mol. The largest absolute Gasteiger partial charge is 0.366 e. The predicted molar refractivity (Wildman–Crippen MR) is 94.5 cm³/mol. The summed E-state index contributed by atoms with van der Waals surface area (Å²) in [5.74, 6) is -0.216. The molecule has 0 spiro atoms. The number of aromatic amines is 1. The molecule has 0 atom stereocenters. The molecule has 2 aromatic rings. The number of anilines is 1. The van der Waals surface area contributed by atoms with Gasteiger partial charge < -0.3 is 10.3 Å². The molecule has 0 fully saturated rings. The van der Waals surface area contributed by atoms with Crippen molar-refractivity contribution in [2.45, 2.75) is 40.0 Å². The molecular formula is C19H22N2O3. The summed E-state index contributed by atoms with van der Waals surface area (Å²) < 4.78 is 0. The van der Waals surface area contributed by atoms with E-state index in [9.17, 15) is 14.4 Å². The van der Waals surface area contributed by atoms with Crippen molar-refractivity contribution in [3.63, 3.8) is 0 Å². The van der Waals surface area contributed by atoms with E-state index in [1.165, 1.54) is 18.5 Å². The van der Waals surface area contributed by atoms with E-state index in [1.54, 1.807) is 0 Å². The third-order valence-corrected chi connectivity index (χ3v) is 3.86. The minimum absolute atomic E-state index is 0.0513. The van der Waals surface area contributed by atoms with Crippen molar-refractivity contribution in [2.24, 2.45) is 0 Å². The first-order valence-electron chi connectivity index (χ1n) is 7.96. The molecule has 1 aromatic carbocycles. The number of pyridine rings is 1. The minimum atomic E-state index is -0.267. The van der Waals surface area contributed by atoms with Crippen LogP contribution >= 0.6 is 0 Å². The smallest absolute Gasteiger partial charge is 0.224 e. The summed E-state index contributed by atoms with van der Waals surface area (Å²) in [6.45, 7) is 5.87. The number of H-pyrrole nitrogens is 1. The van der Waals surface area contributed by atoms with E-state index in [2.05, 4.69) is 10.3 Å². The molecule has 5 nitrogen and oxygen atoms in total. The number of carbonyl (C=O) groups is 2. The van der Waals surface area contributed by atoms with E-state index >= 15 is 0 Å². The van der Waals surface area contributed by atoms with Crippen LogP contribution in [0.5, 0.6) is 0 Å². The van der Waals surface area contributed by atoms with Crippen molar-refractivity contribution in [1.82, 2.24) is 4.98 Å². The van der Waals surface area contributed by atoms with E-state index in [0.29, 0.717) is 12.8 Å². The highest BCUT2D eigenvalue weighted by atomic mass is 16.2. The van der Waals surface area contributed by atoms with E-state index in [0.717, 1.165) is 22.3 Å². The summed E-state index contributed by atoms with van der Waals surface area (Å²) in [6.07, 6.45) is 3.91. The molecule has 0 saturated heterocycles. The summed E-state index contributed by atoms with van der Waals surface area (Å²) in [5.41, 5.74) is 3.80. The van der Waals surface area contributed by atoms with E-state index in [4.69, 9.17) is 0 Å². The second kappa shape index (κ2) is 7.73. The fourth-order valence-corrected chi connectivity index (χ4v) is 2.88. The molecule has 0 aliphatic heterocycles.